The second kappa shape index (κ2) is 5.77. The zero-order valence-corrected chi connectivity index (χ0v) is 11.1. The SMILES string of the molecule is CC(C)(C)OC(=O)NC[C@@H]1CSCC[C@@H]1N. The first-order valence-electron chi connectivity index (χ1n) is 5.68. The minimum absolute atomic E-state index is 0.205. The third kappa shape index (κ3) is 5.07. The van der Waals surface area contributed by atoms with Gasteiger partial charge in [-0.15, -0.1) is 0 Å². The molecule has 0 aromatic carbocycles. The second-order valence-corrected chi connectivity index (χ2v) is 6.32. The van der Waals surface area contributed by atoms with Gasteiger partial charge in [0.1, 0.15) is 5.60 Å². The predicted octanol–water partition coefficient (Wildman–Crippen LogP) is 1.59. The lowest BCUT2D eigenvalue weighted by molar-refractivity contribution is 0.0518. The molecule has 94 valence electrons. The van der Waals surface area contributed by atoms with Gasteiger partial charge >= 0.3 is 6.09 Å². The molecule has 1 fully saturated rings. The van der Waals surface area contributed by atoms with Crippen LogP contribution in [-0.4, -0.2) is 35.8 Å². The van der Waals surface area contributed by atoms with E-state index in [4.69, 9.17) is 10.5 Å². The summed E-state index contributed by atoms with van der Waals surface area (Å²) in [6.45, 7) is 6.18. The van der Waals surface area contributed by atoms with Crippen molar-refractivity contribution in [2.45, 2.75) is 38.8 Å². The summed E-state index contributed by atoms with van der Waals surface area (Å²) in [6.07, 6.45) is 0.681. The number of carbonyl (C=O) groups is 1. The van der Waals surface area contributed by atoms with Gasteiger partial charge in [-0.1, -0.05) is 0 Å². The Hall–Kier alpha value is -0.420. The third-order valence-corrected chi connectivity index (χ3v) is 3.63. The molecule has 0 aliphatic carbocycles. The van der Waals surface area contributed by atoms with E-state index in [0.717, 1.165) is 17.9 Å². The van der Waals surface area contributed by atoms with Gasteiger partial charge in [0.05, 0.1) is 0 Å². The number of hydrogen-bond donors (Lipinski definition) is 2. The van der Waals surface area contributed by atoms with Crippen LogP contribution in [0.3, 0.4) is 0 Å². The fourth-order valence-corrected chi connectivity index (χ4v) is 2.83. The Morgan fingerprint density at radius 1 is 1.56 bits per heavy atom. The zero-order valence-electron chi connectivity index (χ0n) is 10.3. The molecule has 0 aromatic rings. The minimum Gasteiger partial charge on any atom is -0.444 e. The molecule has 1 saturated heterocycles. The molecule has 0 unspecified atom stereocenters. The van der Waals surface area contributed by atoms with E-state index in [1.54, 1.807) is 0 Å². The van der Waals surface area contributed by atoms with Crippen molar-refractivity contribution in [3.63, 3.8) is 0 Å². The van der Waals surface area contributed by atoms with E-state index in [-0.39, 0.29) is 12.1 Å². The van der Waals surface area contributed by atoms with Crippen molar-refractivity contribution in [2.24, 2.45) is 11.7 Å². The quantitative estimate of drug-likeness (QED) is 0.776. The normalized spacial score (nSPS) is 26.2. The molecule has 0 saturated carbocycles. The number of alkyl carbamates (subject to hydrolysis) is 1. The number of rotatable bonds is 2. The molecule has 2 atom stereocenters. The van der Waals surface area contributed by atoms with Gasteiger partial charge < -0.3 is 15.8 Å². The second-order valence-electron chi connectivity index (χ2n) is 5.17. The van der Waals surface area contributed by atoms with Crippen molar-refractivity contribution in [3.05, 3.63) is 0 Å². The topological polar surface area (TPSA) is 64.3 Å². The number of amides is 1. The van der Waals surface area contributed by atoms with Gasteiger partial charge in [0.25, 0.3) is 0 Å². The Balaban J connectivity index is 2.25. The zero-order chi connectivity index (χ0) is 12.2. The van der Waals surface area contributed by atoms with Gasteiger partial charge in [0.2, 0.25) is 0 Å². The van der Waals surface area contributed by atoms with Crippen LogP contribution in [-0.2, 0) is 4.74 Å². The molecule has 1 aliphatic rings. The predicted molar refractivity (Wildman–Crippen MR) is 67.6 cm³/mol. The Morgan fingerprint density at radius 3 is 2.81 bits per heavy atom. The average molecular weight is 246 g/mol. The molecular formula is C11H22N2O2S. The van der Waals surface area contributed by atoms with Crippen molar-refractivity contribution in [2.75, 3.05) is 18.1 Å². The van der Waals surface area contributed by atoms with E-state index >= 15 is 0 Å². The van der Waals surface area contributed by atoms with E-state index in [1.165, 1.54) is 0 Å². The van der Waals surface area contributed by atoms with Crippen LogP contribution in [0.15, 0.2) is 0 Å². The summed E-state index contributed by atoms with van der Waals surface area (Å²) in [6, 6.07) is 0.205. The summed E-state index contributed by atoms with van der Waals surface area (Å²) in [4.78, 5) is 11.4. The van der Waals surface area contributed by atoms with E-state index in [1.807, 2.05) is 32.5 Å². The van der Waals surface area contributed by atoms with Crippen LogP contribution in [0, 0.1) is 5.92 Å². The molecular weight excluding hydrogens is 224 g/mol. The lowest BCUT2D eigenvalue weighted by atomic mass is 10.00. The standard InChI is InChI=1S/C11H22N2O2S/c1-11(2,3)15-10(14)13-6-8-7-16-5-4-9(8)12/h8-9H,4-7,12H2,1-3H3,(H,13,14)/t8-,9+/m1/s1. The highest BCUT2D eigenvalue weighted by atomic mass is 32.2. The molecule has 0 bridgehead atoms. The Bertz CT molecular complexity index is 241. The lowest BCUT2D eigenvalue weighted by Crippen LogP contribution is -2.44. The maximum Gasteiger partial charge on any atom is 0.407 e. The van der Waals surface area contributed by atoms with Crippen molar-refractivity contribution in [3.8, 4) is 0 Å². The molecule has 1 heterocycles. The third-order valence-electron chi connectivity index (χ3n) is 2.44. The molecule has 3 N–H and O–H groups in total. The van der Waals surface area contributed by atoms with Crippen molar-refractivity contribution in [1.82, 2.24) is 5.32 Å². The number of nitrogens with one attached hydrogen (secondary N) is 1. The molecule has 0 radical (unpaired) electrons. The van der Waals surface area contributed by atoms with Gasteiger partial charge in [-0.25, -0.2) is 4.79 Å². The first-order chi connectivity index (χ1) is 7.38. The lowest BCUT2D eigenvalue weighted by Gasteiger charge is -2.28. The van der Waals surface area contributed by atoms with Gasteiger partial charge in [0, 0.05) is 18.5 Å². The van der Waals surface area contributed by atoms with E-state index < -0.39 is 5.60 Å². The van der Waals surface area contributed by atoms with Crippen molar-refractivity contribution >= 4 is 17.9 Å². The maximum absolute atomic E-state index is 11.4. The largest absolute Gasteiger partial charge is 0.444 e. The fraction of sp³-hybridized carbons (Fsp3) is 0.909. The first kappa shape index (κ1) is 13.6. The van der Waals surface area contributed by atoms with Crippen LogP contribution in [0.1, 0.15) is 27.2 Å². The number of ether oxygens (including phenoxy) is 1. The summed E-state index contributed by atoms with van der Waals surface area (Å²) >= 11 is 1.90. The highest BCUT2D eigenvalue weighted by Gasteiger charge is 2.23. The maximum atomic E-state index is 11.4. The first-order valence-corrected chi connectivity index (χ1v) is 6.84. The Labute approximate surface area is 102 Å². The molecule has 1 rings (SSSR count). The number of nitrogens with two attached hydrogens (primary N) is 1. The number of hydrogen-bond acceptors (Lipinski definition) is 4. The van der Waals surface area contributed by atoms with Gasteiger partial charge in [-0.2, -0.15) is 11.8 Å². The summed E-state index contributed by atoms with van der Waals surface area (Å²) < 4.78 is 5.17. The van der Waals surface area contributed by atoms with Gasteiger partial charge in [-0.05, 0) is 38.7 Å². The van der Waals surface area contributed by atoms with Crippen LogP contribution in [0.5, 0.6) is 0 Å². The number of thioether (sulfide) groups is 1. The molecule has 5 heteroatoms. The van der Waals surface area contributed by atoms with Gasteiger partial charge in [0.15, 0.2) is 0 Å². The molecule has 16 heavy (non-hydrogen) atoms. The van der Waals surface area contributed by atoms with Crippen molar-refractivity contribution < 1.29 is 9.53 Å². The fourth-order valence-electron chi connectivity index (χ4n) is 1.55. The average Bonchev–Trinajstić information content (AvgIpc) is 2.14. The molecule has 0 aromatic heterocycles. The van der Waals surface area contributed by atoms with Crippen LogP contribution in [0.25, 0.3) is 0 Å². The van der Waals surface area contributed by atoms with E-state index in [0.29, 0.717) is 12.5 Å². The highest BCUT2D eigenvalue weighted by molar-refractivity contribution is 7.99. The minimum atomic E-state index is -0.437. The van der Waals surface area contributed by atoms with Gasteiger partial charge in [-0.3, -0.25) is 0 Å². The molecule has 1 aliphatic heterocycles. The van der Waals surface area contributed by atoms with Crippen molar-refractivity contribution in [1.29, 1.82) is 0 Å². The number of carbonyl (C=O) groups excluding carboxylic acids is 1. The summed E-state index contributed by atoms with van der Waals surface area (Å²) in [5, 5.41) is 2.78. The highest BCUT2D eigenvalue weighted by Crippen LogP contribution is 2.21. The smallest absolute Gasteiger partial charge is 0.407 e. The Kier molecular flexibility index (Phi) is 4.92. The van der Waals surface area contributed by atoms with Crippen LogP contribution in [0.4, 0.5) is 4.79 Å². The summed E-state index contributed by atoms with van der Waals surface area (Å²) in [5.74, 6) is 2.52. The van der Waals surface area contributed by atoms with E-state index in [9.17, 15) is 4.79 Å². The molecule has 4 nitrogen and oxygen atoms in total. The molecule has 1 amide bonds. The monoisotopic (exact) mass is 246 g/mol. The summed E-state index contributed by atoms with van der Waals surface area (Å²) in [5.41, 5.74) is 5.55. The van der Waals surface area contributed by atoms with E-state index in [2.05, 4.69) is 5.32 Å². The Morgan fingerprint density at radius 2 is 2.25 bits per heavy atom. The van der Waals surface area contributed by atoms with Crippen LogP contribution < -0.4 is 11.1 Å². The van der Waals surface area contributed by atoms with Crippen LogP contribution >= 0.6 is 11.8 Å². The molecule has 0 spiro atoms. The summed E-state index contributed by atoms with van der Waals surface area (Å²) in [7, 11) is 0. The van der Waals surface area contributed by atoms with Crippen LogP contribution in [0.2, 0.25) is 0 Å².